The Bertz CT molecular complexity index is 422. The Balaban J connectivity index is 2.54. The summed E-state index contributed by atoms with van der Waals surface area (Å²) in [6, 6.07) is -0.0290. The number of ketones is 1. The van der Waals surface area contributed by atoms with Crippen molar-refractivity contribution >= 4 is 17.7 Å². The molecule has 1 aliphatic heterocycles. The molecule has 0 saturated carbocycles. The van der Waals surface area contributed by atoms with Crippen LogP contribution in [0.5, 0.6) is 0 Å². The Hall–Kier alpha value is -1.39. The van der Waals surface area contributed by atoms with Gasteiger partial charge < -0.3 is 14.4 Å². The summed E-state index contributed by atoms with van der Waals surface area (Å²) in [5.41, 5.74) is 0. The van der Waals surface area contributed by atoms with E-state index in [9.17, 15) is 14.4 Å². The van der Waals surface area contributed by atoms with Crippen molar-refractivity contribution in [2.75, 3.05) is 6.54 Å². The zero-order valence-electron chi connectivity index (χ0n) is 15.5. The summed E-state index contributed by atoms with van der Waals surface area (Å²) in [6.45, 7) is 6.42. The molecule has 0 aliphatic carbocycles. The van der Waals surface area contributed by atoms with Crippen molar-refractivity contribution in [2.45, 2.75) is 97.1 Å². The normalized spacial score (nSPS) is 20.7. The predicted octanol–water partition coefficient (Wildman–Crippen LogP) is 3.64. The summed E-state index contributed by atoms with van der Waals surface area (Å²) in [4.78, 5) is 37.3. The fourth-order valence-electron chi connectivity index (χ4n) is 3.30. The molecule has 0 unspecified atom stereocenters. The molecule has 0 spiro atoms. The highest BCUT2D eigenvalue weighted by atomic mass is 16.5. The topological polar surface area (TPSA) is 63.7 Å². The second-order valence-corrected chi connectivity index (χ2v) is 6.75. The van der Waals surface area contributed by atoms with Gasteiger partial charge in [0, 0.05) is 19.4 Å². The maximum absolute atomic E-state index is 12.5. The van der Waals surface area contributed by atoms with E-state index < -0.39 is 0 Å². The van der Waals surface area contributed by atoms with E-state index in [1.807, 2.05) is 11.8 Å². The molecule has 0 radical (unpaired) electrons. The summed E-state index contributed by atoms with van der Waals surface area (Å²) in [7, 11) is 0. The van der Waals surface area contributed by atoms with Crippen LogP contribution in [0.2, 0.25) is 0 Å². The average Bonchev–Trinajstić information content (AvgIpc) is 2.56. The van der Waals surface area contributed by atoms with Crippen molar-refractivity contribution in [1.29, 1.82) is 0 Å². The Morgan fingerprint density at radius 1 is 1.04 bits per heavy atom. The average molecular weight is 339 g/mol. The molecule has 0 aromatic rings. The van der Waals surface area contributed by atoms with E-state index >= 15 is 0 Å². The van der Waals surface area contributed by atoms with Crippen LogP contribution >= 0.6 is 0 Å². The van der Waals surface area contributed by atoms with Crippen molar-refractivity contribution in [3.05, 3.63) is 0 Å². The lowest BCUT2D eigenvalue weighted by molar-refractivity contribution is -0.160. The van der Waals surface area contributed by atoms with Gasteiger partial charge in [0.05, 0.1) is 12.5 Å². The number of amides is 1. The number of esters is 1. The molecule has 0 aromatic carbocycles. The van der Waals surface area contributed by atoms with Crippen molar-refractivity contribution in [3.63, 3.8) is 0 Å². The van der Waals surface area contributed by atoms with Crippen LogP contribution in [0.4, 0.5) is 0 Å². The molecule has 5 heteroatoms. The molecule has 0 bridgehead atoms. The molecular weight excluding hydrogens is 306 g/mol. The molecule has 0 N–H and O–H groups in total. The first-order valence-electron chi connectivity index (χ1n) is 9.47. The quantitative estimate of drug-likeness (QED) is 0.450. The lowest BCUT2D eigenvalue weighted by Crippen LogP contribution is -2.52. The van der Waals surface area contributed by atoms with E-state index in [-0.39, 0.29) is 42.6 Å². The zero-order chi connectivity index (χ0) is 17.9. The number of rotatable bonds is 10. The fourth-order valence-corrected chi connectivity index (χ4v) is 3.30. The first kappa shape index (κ1) is 20.7. The van der Waals surface area contributed by atoms with Crippen molar-refractivity contribution in [1.82, 2.24) is 4.90 Å². The predicted molar refractivity (Wildman–Crippen MR) is 93.6 cm³/mol. The van der Waals surface area contributed by atoms with Crippen molar-refractivity contribution in [2.24, 2.45) is 0 Å². The number of piperidine rings is 1. The smallest absolute Gasteiger partial charge is 0.306 e. The van der Waals surface area contributed by atoms with Gasteiger partial charge in [0.1, 0.15) is 11.9 Å². The van der Waals surface area contributed by atoms with Crippen LogP contribution in [0.15, 0.2) is 0 Å². The van der Waals surface area contributed by atoms with Gasteiger partial charge in [-0.25, -0.2) is 0 Å². The molecule has 0 aromatic heterocycles. The molecule has 1 saturated heterocycles. The molecule has 1 fully saturated rings. The van der Waals surface area contributed by atoms with E-state index in [0.29, 0.717) is 6.42 Å². The van der Waals surface area contributed by atoms with E-state index in [0.717, 1.165) is 45.1 Å². The van der Waals surface area contributed by atoms with E-state index in [4.69, 9.17) is 4.74 Å². The van der Waals surface area contributed by atoms with E-state index in [1.165, 1.54) is 13.3 Å². The van der Waals surface area contributed by atoms with Gasteiger partial charge in [-0.05, 0) is 32.6 Å². The fraction of sp³-hybridized carbons (Fsp3) is 0.842. The highest BCUT2D eigenvalue weighted by molar-refractivity contribution is 5.81. The van der Waals surface area contributed by atoms with Crippen LogP contribution in [-0.4, -0.2) is 41.3 Å². The maximum atomic E-state index is 12.5. The summed E-state index contributed by atoms with van der Waals surface area (Å²) < 4.78 is 5.58. The van der Waals surface area contributed by atoms with Crippen LogP contribution < -0.4 is 0 Å². The third kappa shape index (κ3) is 7.02. The third-order valence-corrected chi connectivity index (χ3v) is 4.66. The number of hydrogen-bond acceptors (Lipinski definition) is 4. The van der Waals surface area contributed by atoms with Gasteiger partial charge in [-0.3, -0.25) is 9.59 Å². The monoisotopic (exact) mass is 339 g/mol. The van der Waals surface area contributed by atoms with Crippen LogP contribution in [0.25, 0.3) is 0 Å². The highest BCUT2D eigenvalue weighted by Gasteiger charge is 2.35. The van der Waals surface area contributed by atoms with Crippen molar-refractivity contribution < 1.29 is 19.1 Å². The molecule has 5 nitrogen and oxygen atoms in total. The second kappa shape index (κ2) is 11.2. The minimum atomic E-state index is -0.328. The maximum Gasteiger partial charge on any atom is 0.306 e. The van der Waals surface area contributed by atoms with Crippen LogP contribution in [0, 0.1) is 0 Å². The van der Waals surface area contributed by atoms with Gasteiger partial charge in [0.2, 0.25) is 5.91 Å². The van der Waals surface area contributed by atoms with E-state index in [1.54, 1.807) is 0 Å². The van der Waals surface area contributed by atoms with E-state index in [2.05, 4.69) is 6.92 Å². The third-order valence-electron chi connectivity index (χ3n) is 4.66. The molecule has 1 heterocycles. The Labute approximate surface area is 146 Å². The van der Waals surface area contributed by atoms with Gasteiger partial charge in [0.15, 0.2) is 0 Å². The van der Waals surface area contributed by atoms with Crippen molar-refractivity contribution in [3.8, 4) is 0 Å². The summed E-state index contributed by atoms with van der Waals surface area (Å²) in [5, 5.41) is 0. The Kier molecular flexibility index (Phi) is 9.65. The SMILES string of the molecule is CCCCCCC(=O)N1CCC[C@H](OC(=O)CCC(C)=O)[C@@H]1CC. The summed E-state index contributed by atoms with van der Waals surface area (Å²) in [5.74, 6) is -0.153. The molecule has 1 amide bonds. The molecule has 24 heavy (non-hydrogen) atoms. The highest BCUT2D eigenvalue weighted by Crippen LogP contribution is 2.25. The largest absolute Gasteiger partial charge is 0.460 e. The number of carbonyl (C=O) groups excluding carboxylic acids is 3. The number of hydrogen-bond donors (Lipinski definition) is 0. The second-order valence-electron chi connectivity index (χ2n) is 6.75. The number of Topliss-reactive ketones (excluding diaryl/α,β-unsaturated/α-hetero) is 1. The van der Waals surface area contributed by atoms with Gasteiger partial charge in [-0.1, -0.05) is 33.1 Å². The minimum Gasteiger partial charge on any atom is -0.460 e. The lowest BCUT2D eigenvalue weighted by Gasteiger charge is -2.40. The molecule has 1 rings (SSSR count). The van der Waals surface area contributed by atoms with Crippen LogP contribution in [-0.2, 0) is 19.1 Å². The summed E-state index contributed by atoms with van der Waals surface area (Å²) >= 11 is 0. The minimum absolute atomic E-state index is 0.00785. The van der Waals surface area contributed by atoms with Gasteiger partial charge in [0.25, 0.3) is 0 Å². The standard InChI is InChI=1S/C19H33NO4/c1-4-6-7-8-11-18(22)20-14-9-10-17(16(20)5-2)24-19(23)13-12-15(3)21/h16-17H,4-14H2,1-3H3/t16-,17-/m0/s1. The summed E-state index contributed by atoms with van der Waals surface area (Å²) in [6.07, 6.45) is 7.50. The lowest BCUT2D eigenvalue weighted by atomic mass is 9.95. The van der Waals surface area contributed by atoms with Crippen LogP contribution in [0.3, 0.4) is 0 Å². The molecule has 2 atom stereocenters. The molecule has 138 valence electrons. The Morgan fingerprint density at radius 2 is 1.79 bits per heavy atom. The molecular formula is C19H33NO4. The number of unbranched alkanes of at least 4 members (excludes halogenated alkanes) is 3. The first-order chi connectivity index (χ1) is 11.5. The van der Waals surface area contributed by atoms with Gasteiger partial charge in [-0.2, -0.15) is 0 Å². The number of ether oxygens (including phenoxy) is 1. The van der Waals surface area contributed by atoms with Crippen LogP contribution in [0.1, 0.15) is 85.0 Å². The molecule has 1 aliphatic rings. The van der Waals surface area contributed by atoms with Gasteiger partial charge in [-0.15, -0.1) is 0 Å². The number of nitrogens with zero attached hydrogens (tertiary/aromatic N) is 1. The van der Waals surface area contributed by atoms with Gasteiger partial charge >= 0.3 is 5.97 Å². The number of likely N-dealkylation sites (tertiary alicyclic amines) is 1. The first-order valence-corrected chi connectivity index (χ1v) is 9.47. The Morgan fingerprint density at radius 3 is 2.42 bits per heavy atom. The number of carbonyl (C=O) groups is 3. The zero-order valence-corrected chi connectivity index (χ0v) is 15.5.